The van der Waals surface area contributed by atoms with E-state index in [1.807, 2.05) is 5.32 Å². The molecular weight excluding hydrogens is 443 g/mol. The second-order valence-electron chi connectivity index (χ2n) is 8.86. The van der Waals surface area contributed by atoms with Gasteiger partial charge in [0.25, 0.3) is 0 Å². The Morgan fingerprint density at radius 2 is 1.36 bits per heavy atom. The average Bonchev–Trinajstić information content (AvgIpc) is 3.27. The number of alkyl halides is 3. The van der Waals surface area contributed by atoms with E-state index in [1.54, 1.807) is 0 Å². The SMILES string of the molecule is NC(C(=O)NCC(=O)NC(CC1CCCCC1)C(=O)NCC(=O)NC1CCCC1)C(F)(F)F. The highest BCUT2D eigenvalue weighted by atomic mass is 19.4. The predicted molar refractivity (Wildman–Crippen MR) is 114 cm³/mol. The van der Waals surface area contributed by atoms with Crippen LogP contribution in [0.25, 0.3) is 0 Å². The smallest absolute Gasteiger partial charge is 0.352 e. The van der Waals surface area contributed by atoms with Crippen LogP contribution in [0, 0.1) is 5.92 Å². The van der Waals surface area contributed by atoms with E-state index < -0.39 is 42.5 Å². The Bertz CT molecular complexity index is 692. The van der Waals surface area contributed by atoms with Gasteiger partial charge in [-0.25, -0.2) is 0 Å². The molecule has 0 bridgehead atoms. The number of nitrogens with two attached hydrogens (primary N) is 1. The molecule has 2 aliphatic rings. The first-order chi connectivity index (χ1) is 15.6. The molecule has 0 heterocycles. The lowest BCUT2D eigenvalue weighted by Gasteiger charge is -2.27. The fraction of sp³-hybridized carbons (Fsp3) is 0.810. The van der Waals surface area contributed by atoms with E-state index in [2.05, 4.69) is 16.0 Å². The van der Waals surface area contributed by atoms with Gasteiger partial charge in [0, 0.05) is 6.04 Å². The molecule has 0 aromatic rings. The third-order valence-electron chi connectivity index (χ3n) is 6.15. The van der Waals surface area contributed by atoms with Crippen molar-refractivity contribution in [3.05, 3.63) is 0 Å². The minimum Gasteiger partial charge on any atom is -0.352 e. The number of carbonyl (C=O) groups excluding carboxylic acids is 4. The van der Waals surface area contributed by atoms with Crippen LogP contribution in [0.1, 0.15) is 64.2 Å². The molecule has 0 aromatic heterocycles. The van der Waals surface area contributed by atoms with Gasteiger partial charge in [0.2, 0.25) is 23.6 Å². The standard InChI is InChI=1S/C21H34F3N5O4/c22-21(23,24)18(25)20(33)27-12-17(31)29-15(10-13-6-2-1-3-7-13)19(32)26-11-16(30)28-14-8-4-5-9-14/h13-15,18H,1-12,25H2,(H,26,32)(H,27,33)(H,28,30)(H,29,31). The topological polar surface area (TPSA) is 142 Å². The summed E-state index contributed by atoms with van der Waals surface area (Å²) in [5.41, 5.74) is 4.81. The van der Waals surface area contributed by atoms with Crippen LogP contribution in [0.5, 0.6) is 0 Å². The van der Waals surface area contributed by atoms with Crippen molar-refractivity contribution in [3.8, 4) is 0 Å². The molecular formula is C21H34F3N5O4. The zero-order valence-corrected chi connectivity index (χ0v) is 18.6. The molecule has 9 nitrogen and oxygen atoms in total. The molecule has 33 heavy (non-hydrogen) atoms. The van der Waals surface area contributed by atoms with E-state index >= 15 is 0 Å². The number of nitrogens with one attached hydrogen (secondary N) is 4. The molecule has 0 radical (unpaired) electrons. The molecule has 2 fully saturated rings. The van der Waals surface area contributed by atoms with Gasteiger partial charge in [0.1, 0.15) is 6.04 Å². The first kappa shape index (κ1) is 26.9. The van der Waals surface area contributed by atoms with Crippen molar-refractivity contribution in [1.29, 1.82) is 0 Å². The summed E-state index contributed by atoms with van der Waals surface area (Å²) in [5.74, 6) is -3.01. The summed E-state index contributed by atoms with van der Waals surface area (Å²) in [4.78, 5) is 48.5. The van der Waals surface area contributed by atoms with Crippen molar-refractivity contribution in [1.82, 2.24) is 21.3 Å². The zero-order chi connectivity index (χ0) is 24.4. The van der Waals surface area contributed by atoms with Gasteiger partial charge in [-0.1, -0.05) is 44.9 Å². The quantitative estimate of drug-likeness (QED) is 0.314. The molecule has 2 aliphatic carbocycles. The van der Waals surface area contributed by atoms with E-state index in [9.17, 15) is 32.3 Å². The lowest BCUT2D eigenvalue weighted by atomic mass is 9.84. The maximum atomic E-state index is 12.7. The van der Waals surface area contributed by atoms with Crippen molar-refractivity contribution in [2.45, 2.75) is 88.5 Å². The highest BCUT2D eigenvalue weighted by molar-refractivity contribution is 5.92. The fourth-order valence-electron chi connectivity index (χ4n) is 4.30. The summed E-state index contributed by atoms with van der Waals surface area (Å²) in [7, 11) is 0. The summed E-state index contributed by atoms with van der Waals surface area (Å²) < 4.78 is 37.5. The van der Waals surface area contributed by atoms with E-state index in [0.29, 0.717) is 6.42 Å². The van der Waals surface area contributed by atoms with E-state index in [-0.39, 0.29) is 24.4 Å². The molecule has 0 spiro atoms. The van der Waals surface area contributed by atoms with E-state index in [4.69, 9.17) is 5.73 Å². The summed E-state index contributed by atoms with van der Waals surface area (Å²) in [6, 6.07) is -3.60. The van der Waals surface area contributed by atoms with Gasteiger partial charge in [-0.3, -0.25) is 19.2 Å². The highest BCUT2D eigenvalue weighted by Crippen LogP contribution is 2.27. The second kappa shape index (κ2) is 12.8. The van der Waals surface area contributed by atoms with Gasteiger partial charge in [-0.05, 0) is 25.2 Å². The van der Waals surface area contributed by atoms with Crippen LogP contribution in [0.3, 0.4) is 0 Å². The molecule has 4 amide bonds. The molecule has 0 aromatic carbocycles. The number of hydrogen-bond donors (Lipinski definition) is 5. The minimum absolute atomic E-state index is 0.110. The molecule has 2 rings (SSSR count). The van der Waals surface area contributed by atoms with Crippen LogP contribution in [-0.4, -0.2) is 61.0 Å². The summed E-state index contributed by atoms with van der Waals surface area (Å²) >= 11 is 0. The van der Waals surface area contributed by atoms with Crippen molar-refractivity contribution in [2.24, 2.45) is 11.7 Å². The van der Waals surface area contributed by atoms with Gasteiger partial charge in [-0.2, -0.15) is 13.2 Å². The van der Waals surface area contributed by atoms with Crippen molar-refractivity contribution >= 4 is 23.6 Å². The van der Waals surface area contributed by atoms with Gasteiger partial charge < -0.3 is 27.0 Å². The Kier molecular flexibility index (Phi) is 10.4. The first-order valence-electron chi connectivity index (χ1n) is 11.5. The fourth-order valence-corrected chi connectivity index (χ4v) is 4.30. The third-order valence-corrected chi connectivity index (χ3v) is 6.15. The van der Waals surface area contributed by atoms with Crippen LogP contribution in [0.2, 0.25) is 0 Å². The molecule has 0 aliphatic heterocycles. The molecule has 0 saturated heterocycles. The van der Waals surface area contributed by atoms with Crippen LogP contribution >= 0.6 is 0 Å². The predicted octanol–water partition coefficient (Wildman–Crippen LogP) is 0.622. The Balaban J connectivity index is 1.87. The number of hydrogen-bond acceptors (Lipinski definition) is 5. The molecule has 2 saturated carbocycles. The van der Waals surface area contributed by atoms with Crippen molar-refractivity contribution in [3.63, 3.8) is 0 Å². The maximum Gasteiger partial charge on any atom is 0.412 e. The lowest BCUT2D eigenvalue weighted by Crippen LogP contribution is -2.54. The number of amides is 4. The monoisotopic (exact) mass is 477 g/mol. The Labute approximate surface area is 191 Å². The number of carbonyl (C=O) groups is 4. The number of halogens is 3. The largest absolute Gasteiger partial charge is 0.412 e. The van der Waals surface area contributed by atoms with Gasteiger partial charge in [-0.15, -0.1) is 0 Å². The summed E-state index contributed by atoms with van der Waals surface area (Å²) in [5, 5.41) is 9.70. The second-order valence-corrected chi connectivity index (χ2v) is 8.86. The zero-order valence-electron chi connectivity index (χ0n) is 18.6. The highest BCUT2D eigenvalue weighted by Gasteiger charge is 2.42. The molecule has 188 valence electrons. The molecule has 2 atom stereocenters. The Hall–Kier alpha value is -2.37. The maximum absolute atomic E-state index is 12.7. The molecule has 2 unspecified atom stereocenters. The van der Waals surface area contributed by atoms with Gasteiger partial charge in [0.05, 0.1) is 13.1 Å². The molecule has 12 heteroatoms. The van der Waals surface area contributed by atoms with Gasteiger partial charge in [0.15, 0.2) is 6.04 Å². The average molecular weight is 478 g/mol. The van der Waals surface area contributed by atoms with Crippen LogP contribution in [0.4, 0.5) is 13.2 Å². The van der Waals surface area contributed by atoms with E-state index in [0.717, 1.165) is 57.8 Å². The molecule has 6 N–H and O–H groups in total. The van der Waals surface area contributed by atoms with Crippen LogP contribution < -0.4 is 27.0 Å². The van der Waals surface area contributed by atoms with E-state index in [1.165, 1.54) is 0 Å². The summed E-state index contributed by atoms with van der Waals surface area (Å²) in [6.45, 7) is -0.983. The third kappa shape index (κ3) is 9.56. The lowest BCUT2D eigenvalue weighted by molar-refractivity contribution is -0.163. The van der Waals surface area contributed by atoms with Gasteiger partial charge >= 0.3 is 6.18 Å². The summed E-state index contributed by atoms with van der Waals surface area (Å²) in [6.07, 6.45) is 4.28. The van der Waals surface area contributed by atoms with Crippen molar-refractivity contribution in [2.75, 3.05) is 13.1 Å². The Morgan fingerprint density at radius 3 is 1.97 bits per heavy atom. The Morgan fingerprint density at radius 1 is 0.818 bits per heavy atom. The normalized spacial score (nSPS) is 19.4. The van der Waals surface area contributed by atoms with Crippen LogP contribution in [0.15, 0.2) is 0 Å². The number of rotatable bonds is 10. The first-order valence-corrected chi connectivity index (χ1v) is 11.5. The minimum atomic E-state index is -4.93. The van der Waals surface area contributed by atoms with Crippen LogP contribution in [-0.2, 0) is 19.2 Å². The van der Waals surface area contributed by atoms with Crippen molar-refractivity contribution < 1.29 is 32.3 Å².